The molecule has 0 bridgehead atoms. The molecule has 0 radical (unpaired) electrons. The van der Waals surface area contributed by atoms with E-state index in [1.165, 1.54) is 11.9 Å². The predicted molar refractivity (Wildman–Crippen MR) is 120 cm³/mol. The molecular formula is C23H22Cl2N2O3. The van der Waals surface area contributed by atoms with Crippen LogP contribution >= 0.6 is 23.2 Å². The van der Waals surface area contributed by atoms with Gasteiger partial charge in [0.2, 0.25) is 5.91 Å². The normalized spacial score (nSPS) is 11.7. The maximum atomic E-state index is 13.1. The average molecular weight is 445 g/mol. The lowest BCUT2D eigenvalue weighted by atomic mass is 10.1. The average Bonchev–Trinajstić information content (AvgIpc) is 2.76. The topological polar surface area (TPSA) is 58.6 Å². The molecule has 0 unspecified atom stereocenters. The molecule has 3 aromatic rings. The summed E-state index contributed by atoms with van der Waals surface area (Å²) in [5.74, 6) is -0.0449. The predicted octanol–water partition coefficient (Wildman–Crippen LogP) is 4.69. The van der Waals surface area contributed by atoms with E-state index in [1.54, 1.807) is 25.1 Å². The number of carbonyl (C=O) groups is 2. The number of amides is 2. The first kappa shape index (κ1) is 21.9. The molecule has 0 heterocycles. The first-order valence-corrected chi connectivity index (χ1v) is 10.2. The molecule has 0 spiro atoms. The van der Waals surface area contributed by atoms with E-state index in [0.29, 0.717) is 21.4 Å². The molecule has 0 saturated carbocycles. The highest BCUT2D eigenvalue weighted by Crippen LogP contribution is 2.27. The van der Waals surface area contributed by atoms with Crippen LogP contribution in [0.4, 0.5) is 0 Å². The van der Waals surface area contributed by atoms with Crippen LogP contribution in [-0.2, 0) is 16.1 Å². The summed E-state index contributed by atoms with van der Waals surface area (Å²) >= 11 is 12.6. The van der Waals surface area contributed by atoms with Gasteiger partial charge in [0, 0.05) is 34.6 Å². The van der Waals surface area contributed by atoms with Gasteiger partial charge in [-0.2, -0.15) is 0 Å². The smallest absolute Gasteiger partial charge is 0.261 e. The Kier molecular flexibility index (Phi) is 7.19. The van der Waals surface area contributed by atoms with Crippen molar-refractivity contribution in [2.45, 2.75) is 19.5 Å². The number of likely N-dealkylation sites (N-methyl/N-ethyl adjacent to an activating group) is 1. The molecule has 2 amide bonds. The number of ether oxygens (including phenoxy) is 1. The molecule has 0 aromatic heterocycles. The van der Waals surface area contributed by atoms with Gasteiger partial charge in [0.25, 0.3) is 5.91 Å². The third-order valence-electron chi connectivity index (χ3n) is 4.90. The summed E-state index contributed by atoms with van der Waals surface area (Å²) in [7, 11) is 1.52. The Balaban J connectivity index is 1.83. The summed E-state index contributed by atoms with van der Waals surface area (Å²) in [6, 6.07) is 17.8. The molecular weight excluding hydrogens is 423 g/mol. The molecule has 7 heteroatoms. The number of nitrogens with zero attached hydrogens (tertiary/aromatic N) is 1. The number of hydrogen-bond acceptors (Lipinski definition) is 3. The van der Waals surface area contributed by atoms with Crippen molar-refractivity contribution in [2.24, 2.45) is 0 Å². The highest BCUT2D eigenvalue weighted by molar-refractivity contribution is 6.36. The summed E-state index contributed by atoms with van der Waals surface area (Å²) in [5, 5.41) is 5.36. The van der Waals surface area contributed by atoms with Gasteiger partial charge < -0.3 is 15.0 Å². The van der Waals surface area contributed by atoms with Crippen molar-refractivity contribution in [1.29, 1.82) is 0 Å². The van der Waals surface area contributed by atoms with Crippen LogP contribution in [0.5, 0.6) is 5.75 Å². The molecule has 0 aliphatic heterocycles. The quantitative estimate of drug-likeness (QED) is 0.574. The van der Waals surface area contributed by atoms with Gasteiger partial charge >= 0.3 is 0 Å². The summed E-state index contributed by atoms with van der Waals surface area (Å²) < 4.78 is 5.83. The summed E-state index contributed by atoms with van der Waals surface area (Å²) in [4.78, 5) is 26.7. The molecule has 0 aliphatic rings. The van der Waals surface area contributed by atoms with E-state index in [4.69, 9.17) is 27.9 Å². The number of carbonyl (C=O) groups excluding carboxylic acids is 2. The van der Waals surface area contributed by atoms with Gasteiger partial charge in [-0.15, -0.1) is 0 Å². The van der Waals surface area contributed by atoms with E-state index in [2.05, 4.69) is 5.32 Å². The molecule has 0 fully saturated rings. The van der Waals surface area contributed by atoms with Crippen LogP contribution in [0.25, 0.3) is 10.8 Å². The highest BCUT2D eigenvalue weighted by atomic mass is 35.5. The Hall–Kier alpha value is -2.76. The van der Waals surface area contributed by atoms with Crippen LogP contribution < -0.4 is 10.1 Å². The van der Waals surface area contributed by atoms with Crippen molar-refractivity contribution < 1.29 is 14.3 Å². The molecule has 3 aromatic carbocycles. The lowest BCUT2D eigenvalue weighted by molar-refractivity contribution is -0.141. The van der Waals surface area contributed by atoms with Crippen molar-refractivity contribution >= 4 is 45.8 Å². The molecule has 0 saturated heterocycles. The van der Waals surface area contributed by atoms with Gasteiger partial charge in [-0.25, -0.2) is 0 Å². The van der Waals surface area contributed by atoms with Gasteiger partial charge in [0.05, 0.1) is 0 Å². The number of benzene rings is 3. The van der Waals surface area contributed by atoms with Gasteiger partial charge in [-0.1, -0.05) is 65.7 Å². The SMILES string of the molecule is CNC(=O)[C@H](C)N(Cc1c(Cl)cccc1Cl)C(=O)COc1cccc2ccccc12. The maximum Gasteiger partial charge on any atom is 0.261 e. The fourth-order valence-corrected chi connectivity index (χ4v) is 3.71. The second kappa shape index (κ2) is 9.83. The van der Waals surface area contributed by atoms with E-state index in [0.717, 1.165) is 10.8 Å². The Morgan fingerprint density at radius 3 is 2.33 bits per heavy atom. The number of rotatable bonds is 7. The van der Waals surface area contributed by atoms with Crippen LogP contribution in [0.1, 0.15) is 12.5 Å². The Morgan fingerprint density at radius 1 is 1.00 bits per heavy atom. The highest BCUT2D eigenvalue weighted by Gasteiger charge is 2.27. The van der Waals surface area contributed by atoms with Crippen LogP contribution in [0, 0.1) is 0 Å². The van der Waals surface area contributed by atoms with Crippen LogP contribution in [0.15, 0.2) is 60.7 Å². The van der Waals surface area contributed by atoms with Crippen LogP contribution in [0.2, 0.25) is 10.0 Å². The minimum atomic E-state index is -0.731. The van der Waals surface area contributed by atoms with Crippen LogP contribution in [-0.4, -0.2) is 36.4 Å². The number of fused-ring (bicyclic) bond motifs is 1. The Bertz CT molecular complexity index is 1050. The van der Waals surface area contributed by atoms with Gasteiger partial charge in [0.15, 0.2) is 6.61 Å². The second-order valence-electron chi connectivity index (χ2n) is 6.78. The van der Waals surface area contributed by atoms with Crippen LogP contribution in [0.3, 0.4) is 0 Å². The van der Waals surface area contributed by atoms with E-state index < -0.39 is 6.04 Å². The molecule has 156 valence electrons. The Labute approximate surface area is 185 Å². The number of nitrogens with one attached hydrogen (secondary N) is 1. The summed E-state index contributed by atoms with van der Waals surface area (Å²) in [6.45, 7) is 1.52. The van der Waals surface area contributed by atoms with Crippen molar-refractivity contribution in [3.05, 3.63) is 76.3 Å². The first-order valence-electron chi connectivity index (χ1n) is 9.47. The lowest BCUT2D eigenvalue weighted by Gasteiger charge is -2.29. The zero-order valence-corrected chi connectivity index (χ0v) is 18.2. The maximum absolute atomic E-state index is 13.1. The Morgan fingerprint density at radius 2 is 1.63 bits per heavy atom. The van der Waals surface area contributed by atoms with Crippen molar-refractivity contribution in [2.75, 3.05) is 13.7 Å². The van der Waals surface area contributed by atoms with E-state index in [1.807, 2.05) is 42.5 Å². The van der Waals surface area contributed by atoms with Gasteiger partial charge in [0.1, 0.15) is 11.8 Å². The van der Waals surface area contributed by atoms with Gasteiger partial charge in [-0.05, 0) is 30.5 Å². The standard InChI is InChI=1S/C23H22Cl2N2O3/c1-15(23(29)26-2)27(13-18-19(24)10-6-11-20(18)25)22(28)14-30-21-12-5-8-16-7-3-4-9-17(16)21/h3-12,15H,13-14H2,1-2H3,(H,26,29)/t15-/m0/s1. The second-order valence-corrected chi connectivity index (χ2v) is 7.59. The fourth-order valence-electron chi connectivity index (χ4n) is 3.19. The summed E-state index contributed by atoms with van der Waals surface area (Å²) in [6.07, 6.45) is 0. The first-order chi connectivity index (χ1) is 14.4. The van der Waals surface area contributed by atoms with Gasteiger partial charge in [-0.3, -0.25) is 9.59 Å². The molecule has 1 N–H and O–H groups in total. The molecule has 3 rings (SSSR count). The van der Waals surface area contributed by atoms with Crippen molar-refractivity contribution in [3.63, 3.8) is 0 Å². The molecule has 1 atom stereocenters. The van der Waals surface area contributed by atoms with E-state index >= 15 is 0 Å². The summed E-state index contributed by atoms with van der Waals surface area (Å²) in [5.41, 5.74) is 0.579. The minimum Gasteiger partial charge on any atom is -0.483 e. The zero-order chi connectivity index (χ0) is 21.7. The monoisotopic (exact) mass is 444 g/mol. The van der Waals surface area contributed by atoms with Crippen molar-refractivity contribution in [1.82, 2.24) is 10.2 Å². The molecule has 0 aliphatic carbocycles. The third-order valence-corrected chi connectivity index (χ3v) is 5.61. The minimum absolute atomic E-state index is 0.0881. The zero-order valence-electron chi connectivity index (χ0n) is 16.7. The largest absolute Gasteiger partial charge is 0.483 e. The molecule has 5 nitrogen and oxygen atoms in total. The van der Waals surface area contributed by atoms with E-state index in [-0.39, 0.29) is 25.0 Å². The fraction of sp³-hybridized carbons (Fsp3) is 0.217. The number of hydrogen-bond donors (Lipinski definition) is 1. The van der Waals surface area contributed by atoms with E-state index in [9.17, 15) is 9.59 Å². The number of halogens is 2. The lowest BCUT2D eigenvalue weighted by Crippen LogP contribution is -2.48. The molecule has 30 heavy (non-hydrogen) atoms. The third kappa shape index (κ3) is 4.86. The van der Waals surface area contributed by atoms with Crippen molar-refractivity contribution in [3.8, 4) is 5.75 Å².